The van der Waals surface area contributed by atoms with Gasteiger partial charge in [-0.2, -0.15) is 0 Å². The number of hydrogen-bond donors (Lipinski definition) is 3. The molecule has 2 aromatic carbocycles. The lowest BCUT2D eigenvalue weighted by molar-refractivity contribution is 0.0693. The number of phenols is 1. The molecule has 2 N–H and O–H groups in total. The van der Waals surface area contributed by atoms with Gasteiger partial charge in [-0.15, -0.1) is 12.6 Å². The zero-order valence-corrected chi connectivity index (χ0v) is 10.7. The Morgan fingerprint density at radius 1 is 1.16 bits per heavy atom. The van der Waals surface area contributed by atoms with Crippen molar-refractivity contribution in [3.63, 3.8) is 0 Å². The van der Waals surface area contributed by atoms with Gasteiger partial charge in [-0.3, -0.25) is 4.99 Å². The first-order chi connectivity index (χ1) is 9.09. The number of aromatic hydroxyl groups is 1. The topological polar surface area (TPSA) is 69.9 Å². The minimum atomic E-state index is -1.18. The number of hydrogen-bond acceptors (Lipinski definition) is 4. The molecular weight excluding hydrogens is 262 g/mol. The van der Waals surface area contributed by atoms with Gasteiger partial charge in [-0.25, -0.2) is 4.79 Å². The van der Waals surface area contributed by atoms with Gasteiger partial charge in [0.1, 0.15) is 11.3 Å². The zero-order valence-electron chi connectivity index (χ0n) is 9.82. The fraction of sp³-hybridized carbons (Fsp3) is 0. The van der Waals surface area contributed by atoms with Crippen molar-refractivity contribution in [2.75, 3.05) is 0 Å². The second-order valence-corrected chi connectivity index (χ2v) is 4.28. The van der Waals surface area contributed by atoms with Crippen molar-refractivity contribution in [2.45, 2.75) is 4.90 Å². The minimum Gasteiger partial charge on any atom is -0.506 e. The highest BCUT2D eigenvalue weighted by Gasteiger charge is 2.11. The smallest absolute Gasteiger partial charge is 0.339 e. The third kappa shape index (κ3) is 2.95. The highest BCUT2D eigenvalue weighted by molar-refractivity contribution is 7.80. The van der Waals surface area contributed by atoms with Crippen LogP contribution in [0.3, 0.4) is 0 Å². The summed E-state index contributed by atoms with van der Waals surface area (Å²) in [6.07, 6.45) is 1.41. The number of carboxylic acids is 1. The Hall–Kier alpha value is -2.27. The van der Waals surface area contributed by atoms with Crippen molar-refractivity contribution < 1.29 is 15.0 Å². The Morgan fingerprint density at radius 2 is 1.89 bits per heavy atom. The van der Waals surface area contributed by atoms with Gasteiger partial charge in [0.05, 0.1) is 5.69 Å². The quantitative estimate of drug-likeness (QED) is 0.594. The highest BCUT2D eigenvalue weighted by Crippen LogP contribution is 2.24. The molecule has 0 bridgehead atoms. The largest absolute Gasteiger partial charge is 0.506 e. The average Bonchev–Trinajstić information content (AvgIpc) is 2.39. The summed E-state index contributed by atoms with van der Waals surface area (Å²) in [7, 11) is 0. The predicted molar refractivity (Wildman–Crippen MR) is 76.0 cm³/mol. The van der Waals surface area contributed by atoms with Crippen molar-refractivity contribution in [1.82, 2.24) is 0 Å². The van der Waals surface area contributed by atoms with E-state index in [-0.39, 0.29) is 11.3 Å². The van der Waals surface area contributed by atoms with E-state index in [0.717, 1.165) is 0 Å². The van der Waals surface area contributed by atoms with E-state index in [4.69, 9.17) is 5.11 Å². The van der Waals surface area contributed by atoms with E-state index in [1.54, 1.807) is 24.3 Å². The number of aromatic carboxylic acids is 1. The fourth-order valence-corrected chi connectivity index (χ4v) is 1.77. The molecule has 2 rings (SSSR count). The molecule has 0 atom stereocenters. The maximum Gasteiger partial charge on any atom is 0.339 e. The molecule has 0 spiro atoms. The van der Waals surface area contributed by atoms with Crippen molar-refractivity contribution in [3.8, 4) is 5.75 Å². The van der Waals surface area contributed by atoms with Gasteiger partial charge in [-0.1, -0.05) is 18.2 Å². The number of carboxylic acid groups (broad SMARTS) is 1. The third-order valence-corrected chi connectivity index (χ3v) is 2.90. The Kier molecular flexibility index (Phi) is 3.87. The molecule has 96 valence electrons. The van der Waals surface area contributed by atoms with Crippen LogP contribution in [0.4, 0.5) is 5.69 Å². The van der Waals surface area contributed by atoms with Crippen molar-refractivity contribution >= 4 is 30.5 Å². The number of para-hydroxylation sites is 2. The molecule has 0 heterocycles. The standard InChI is InChI=1S/C14H11NO3S/c16-13-9(4-3-5-10(13)14(17)18)8-15-11-6-1-2-7-12(11)19/h1-8,16,19H,(H,17,18). The molecule has 19 heavy (non-hydrogen) atoms. The normalized spacial score (nSPS) is 10.8. The van der Waals surface area contributed by atoms with E-state index in [0.29, 0.717) is 16.1 Å². The van der Waals surface area contributed by atoms with E-state index in [1.807, 2.05) is 12.1 Å². The summed E-state index contributed by atoms with van der Waals surface area (Å²) in [6.45, 7) is 0. The van der Waals surface area contributed by atoms with Crippen molar-refractivity contribution in [2.24, 2.45) is 4.99 Å². The molecule has 2 aromatic rings. The van der Waals surface area contributed by atoms with Gasteiger partial charge in [0.2, 0.25) is 0 Å². The average molecular weight is 273 g/mol. The van der Waals surface area contributed by atoms with Crippen LogP contribution in [0.25, 0.3) is 0 Å². The summed E-state index contributed by atoms with van der Waals surface area (Å²) in [4.78, 5) is 15.8. The number of thiol groups is 1. The predicted octanol–water partition coefficient (Wildman–Crippen LogP) is 3.13. The van der Waals surface area contributed by atoms with Crippen LogP contribution in [0, 0.1) is 0 Å². The van der Waals surface area contributed by atoms with E-state index >= 15 is 0 Å². The van der Waals surface area contributed by atoms with Gasteiger partial charge in [0.15, 0.2) is 0 Å². The molecule has 0 aliphatic rings. The lowest BCUT2D eigenvalue weighted by Crippen LogP contribution is -1.98. The molecule has 4 nitrogen and oxygen atoms in total. The molecule has 0 amide bonds. The van der Waals surface area contributed by atoms with Crippen LogP contribution in [-0.4, -0.2) is 22.4 Å². The van der Waals surface area contributed by atoms with Crippen LogP contribution in [0.5, 0.6) is 5.75 Å². The summed E-state index contributed by atoms with van der Waals surface area (Å²) in [5.74, 6) is -1.47. The molecule has 0 unspecified atom stereocenters. The van der Waals surface area contributed by atoms with Crippen molar-refractivity contribution in [3.05, 3.63) is 53.6 Å². The van der Waals surface area contributed by atoms with Gasteiger partial charge in [0.25, 0.3) is 0 Å². The van der Waals surface area contributed by atoms with E-state index in [2.05, 4.69) is 17.6 Å². The number of carbonyl (C=O) groups is 1. The molecular formula is C14H11NO3S. The summed E-state index contributed by atoms with van der Waals surface area (Å²) in [5, 5.41) is 18.7. The second-order valence-electron chi connectivity index (χ2n) is 3.80. The van der Waals surface area contributed by atoms with Crippen LogP contribution < -0.4 is 0 Å². The summed E-state index contributed by atoms with van der Waals surface area (Å²) in [5.41, 5.74) is 0.838. The monoisotopic (exact) mass is 273 g/mol. The fourth-order valence-electron chi connectivity index (χ4n) is 1.55. The molecule has 0 saturated carbocycles. The van der Waals surface area contributed by atoms with E-state index in [9.17, 15) is 9.90 Å². The molecule has 0 aliphatic heterocycles. The first-order valence-corrected chi connectivity index (χ1v) is 5.91. The van der Waals surface area contributed by atoms with Crippen LogP contribution in [0.1, 0.15) is 15.9 Å². The maximum atomic E-state index is 10.9. The van der Waals surface area contributed by atoms with E-state index in [1.165, 1.54) is 12.3 Å². The van der Waals surface area contributed by atoms with Gasteiger partial charge < -0.3 is 10.2 Å². The summed E-state index contributed by atoms with van der Waals surface area (Å²) < 4.78 is 0. The number of rotatable bonds is 3. The summed E-state index contributed by atoms with van der Waals surface area (Å²) >= 11 is 4.25. The first kappa shape index (κ1) is 13.2. The van der Waals surface area contributed by atoms with E-state index < -0.39 is 5.97 Å². The van der Waals surface area contributed by atoms with Crippen LogP contribution in [-0.2, 0) is 0 Å². The molecule has 5 heteroatoms. The van der Waals surface area contributed by atoms with Gasteiger partial charge >= 0.3 is 5.97 Å². The van der Waals surface area contributed by atoms with Gasteiger partial charge in [0, 0.05) is 16.7 Å². The van der Waals surface area contributed by atoms with Crippen LogP contribution >= 0.6 is 12.6 Å². The molecule has 0 aliphatic carbocycles. The zero-order chi connectivity index (χ0) is 13.8. The molecule has 0 aromatic heterocycles. The highest BCUT2D eigenvalue weighted by atomic mass is 32.1. The lowest BCUT2D eigenvalue weighted by Gasteiger charge is -2.03. The molecule has 0 radical (unpaired) electrons. The van der Waals surface area contributed by atoms with Crippen LogP contribution in [0.2, 0.25) is 0 Å². The Morgan fingerprint density at radius 3 is 2.58 bits per heavy atom. The van der Waals surface area contributed by atoms with Gasteiger partial charge in [-0.05, 0) is 24.3 Å². The molecule has 0 saturated heterocycles. The minimum absolute atomic E-state index is 0.150. The number of nitrogens with zero attached hydrogens (tertiary/aromatic N) is 1. The van der Waals surface area contributed by atoms with Crippen molar-refractivity contribution in [1.29, 1.82) is 0 Å². The lowest BCUT2D eigenvalue weighted by atomic mass is 10.1. The summed E-state index contributed by atoms with van der Waals surface area (Å²) in [6, 6.07) is 11.7. The first-order valence-electron chi connectivity index (χ1n) is 5.47. The SMILES string of the molecule is O=C(O)c1cccc(C=Nc2ccccc2S)c1O. The Labute approximate surface area is 115 Å². The Balaban J connectivity index is 2.37. The third-order valence-electron chi connectivity index (χ3n) is 2.52. The number of aliphatic imine (C=N–C) groups is 1. The van der Waals surface area contributed by atoms with Crippen LogP contribution in [0.15, 0.2) is 52.4 Å². The number of benzene rings is 2. The maximum absolute atomic E-state index is 10.9. The Bertz CT molecular complexity index is 653. The second kappa shape index (κ2) is 5.58. The molecule has 0 fully saturated rings.